The smallest absolute Gasteiger partial charge is 0.181 e. The Balaban J connectivity index is 1.84. The molecular formula is C24H29FN2O3. The first-order valence-electron chi connectivity index (χ1n) is 10.4. The number of fused-ring (bicyclic) bond motifs is 1. The van der Waals surface area contributed by atoms with Crippen LogP contribution in [0.5, 0.6) is 5.75 Å². The minimum absolute atomic E-state index is 0.00204. The maximum absolute atomic E-state index is 14.3. The monoisotopic (exact) mass is 412 g/mol. The van der Waals surface area contributed by atoms with Gasteiger partial charge in [-0.15, -0.1) is 0 Å². The first-order chi connectivity index (χ1) is 14.5. The van der Waals surface area contributed by atoms with E-state index in [1.165, 1.54) is 0 Å². The third-order valence-corrected chi connectivity index (χ3v) is 5.41. The summed E-state index contributed by atoms with van der Waals surface area (Å²) in [5.41, 5.74) is 2.69. The highest BCUT2D eigenvalue weighted by molar-refractivity contribution is 5.96. The number of unbranched alkanes of at least 4 members (excludes halogenated alkanes) is 1. The summed E-state index contributed by atoms with van der Waals surface area (Å²) >= 11 is 0. The van der Waals surface area contributed by atoms with E-state index >= 15 is 0 Å². The molecular weight excluding hydrogens is 383 g/mol. The van der Waals surface area contributed by atoms with Gasteiger partial charge in [-0.3, -0.25) is 9.20 Å². The highest BCUT2D eigenvalue weighted by Gasteiger charge is 2.22. The van der Waals surface area contributed by atoms with Gasteiger partial charge in [0, 0.05) is 24.8 Å². The quantitative estimate of drug-likeness (QED) is 0.474. The Morgan fingerprint density at radius 2 is 2.07 bits per heavy atom. The maximum Gasteiger partial charge on any atom is 0.181 e. The number of ether oxygens (including phenoxy) is 1. The van der Waals surface area contributed by atoms with Crippen molar-refractivity contribution in [2.24, 2.45) is 5.92 Å². The zero-order valence-corrected chi connectivity index (χ0v) is 17.8. The number of pyridine rings is 1. The zero-order valence-electron chi connectivity index (χ0n) is 17.8. The second-order valence-corrected chi connectivity index (χ2v) is 7.77. The van der Waals surface area contributed by atoms with Gasteiger partial charge in [0.05, 0.1) is 5.69 Å². The molecule has 30 heavy (non-hydrogen) atoms. The number of nitrogens with zero attached hydrogens (tertiary/aromatic N) is 2. The van der Waals surface area contributed by atoms with Gasteiger partial charge in [-0.2, -0.15) is 0 Å². The van der Waals surface area contributed by atoms with Gasteiger partial charge in [-0.1, -0.05) is 38.0 Å². The molecule has 0 saturated carbocycles. The van der Waals surface area contributed by atoms with E-state index in [9.17, 15) is 14.3 Å². The van der Waals surface area contributed by atoms with Crippen LogP contribution in [0.4, 0.5) is 4.39 Å². The third kappa shape index (κ3) is 4.70. The van der Waals surface area contributed by atoms with Gasteiger partial charge in [-0.25, -0.2) is 9.37 Å². The average molecular weight is 413 g/mol. The van der Waals surface area contributed by atoms with Gasteiger partial charge < -0.3 is 9.84 Å². The molecule has 0 aliphatic rings. The van der Waals surface area contributed by atoms with Crippen LogP contribution >= 0.6 is 0 Å². The van der Waals surface area contributed by atoms with Crippen molar-refractivity contribution in [3.05, 3.63) is 64.9 Å². The molecule has 0 unspecified atom stereocenters. The third-order valence-electron chi connectivity index (χ3n) is 5.41. The van der Waals surface area contributed by atoms with Crippen LogP contribution in [-0.2, 0) is 6.61 Å². The van der Waals surface area contributed by atoms with E-state index in [2.05, 4.69) is 11.9 Å². The molecule has 2 heterocycles. The molecule has 1 atom stereocenters. The molecule has 0 fully saturated rings. The van der Waals surface area contributed by atoms with Gasteiger partial charge in [-0.05, 0) is 43.9 Å². The number of halogens is 1. The lowest BCUT2D eigenvalue weighted by atomic mass is 9.95. The lowest BCUT2D eigenvalue weighted by molar-refractivity contribution is 0.0923. The number of aryl methyl sites for hydroxylation is 2. The summed E-state index contributed by atoms with van der Waals surface area (Å²) in [6.45, 7) is 5.68. The van der Waals surface area contributed by atoms with E-state index in [1.807, 2.05) is 0 Å². The van der Waals surface area contributed by atoms with Crippen LogP contribution in [0.15, 0.2) is 36.5 Å². The number of rotatable bonds is 10. The van der Waals surface area contributed by atoms with E-state index in [-0.39, 0.29) is 37.2 Å². The number of imidazole rings is 1. The van der Waals surface area contributed by atoms with E-state index < -0.39 is 0 Å². The summed E-state index contributed by atoms with van der Waals surface area (Å²) in [4.78, 5) is 17.5. The molecule has 0 aliphatic carbocycles. The molecule has 2 aromatic heterocycles. The number of hydrogen-bond donors (Lipinski definition) is 1. The fourth-order valence-corrected chi connectivity index (χ4v) is 3.69. The standard InChI is InChI=1S/C24H29FN2O3/c1-4-5-9-18(14-28)13-20(29)23-17(3)26-24-21(11-7-12-27(23)24)30-15-19-10-6-8-16(2)22(19)25/h6-8,10-12,18,28H,4-5,9,13-15H2,1-3H3/t18-/m0/s1. The van der Waals surface area contributed by atoms with Crippen molar-refractivity contribution in [2.75, 3.05) is 6.61 Å². The summed E-state index contributed by atoms with van der Waals surface area (Å²) in [5.74, 6) is 0.121. The second kappa shape index (κ2) is 9.85. The summed E-state index contributed by atoms with van der Waals surface area (Å²) in [5, 5.41) is 9.62. The summed E-state index contributed by atoms with van der Waals surface area (Å²) < 4.78 is 21.9. The normalized spacial score (nSPS) is 12.3. The van der Waals surface area contributed by atoms with Gasteiger partial charge in [0.25, 0.3) is 0 Å². The Bertz CT molecular complexity index is 1030. The minimum Gasteiger partial charge on any atom is -0.485 e. The highest BCUT2D eigenvalue weighted by Crippen LogP contribution is 2.26. The Morgan fingerprint density at radius 1 is 1.27 bits per heavy atom. The summed E-state index contributed by atoms with van der Waals surface area (Å²) in [6, 6.07) is 8.76. The number of aromatic nitrogens is 2. The predicted molar refractivity (Wildman–Crippen MR) is 114 cm³/mol. The number of ketones is 1. The van der Waals surface area contributed by atoms with Gasteiger partial charge >= 0.3 is 0 Å². The minimum atomic E-state index is -0.276. The van der Waals surface area contributed by atoms with Crippen LogP contribution in [0.25, 0.3) is 5.65 Å². The largest absolute Gasteiger partial charge is 0.485 e. The van der Waals surface area contributed by atoms with E-state index in [0.29, 0.717) is 33.9 Å². The molecule has 0 aliphatic heterocycles. The van der Waals surface area contributed by atoms with Crippen LogP contribution in [0.3, 0.4) is 0 Å². The molecule has 3 rings (SSSR count). The van der Waals surface area contributed by atoms with Gasteiger partial charge in [0.15, 0.2) is 17.2 Å². The average Bonchev–Trinajstić information content (AvgIpc) is 3.08. The molecule has 1 N–H and O–H groups in total. The molecule has 0 spiro atoms. The Labute approximate surface area is 176 Å². The van der Waals surface area contributed by atoms with Crippen LogP contribution in [0.2, 0.25) is 0 Å². The number of hydrogen-bond acceptors (Lipinski definition) is 4. The topological polar surface area (TPSA) is 63.8 Å². The van der Waals surface area contributed by atoms with Crippen molar-refractivity contribution in [1.82, 2.24) is 9.38 Å². The van der Waals surface area contributed by atoms with Crippen molar-refractivity contribution in [1.29, 1.82) is 0 Å². The summed E-state index contributed by atoms with van der Waals surface area (Å²) in [6.07, 6.45) is 4.90. The molecule has 3 aromatic rings. The predicted octanol–water partition coefficient (Wildman–Crippen LogP) is 5.04. The van der Waals surface area contributed by atoms with Crippen LogP contribution in [0.1, 0.15) is 59.9 Å². The highest BCUT2D eigenvalue weighted by atomic mass is 19.1. The number of carbonyl (C=O) groups excluding carboxylic acids is 1. The molecule has 160 valence electrons. The molecule has 0 amide bonds. The van der Waals surface area contributed by atoms with Crippen LogP contribution in [0, 0.1) is 25.6 Å². The van der Waals surface area contributed by atoms with Crippen molar-refractivity contribution < 1.29 is 19.0 Å². The summed E-state index contributed by atoms with van der Waals surface area (Å²) in [7, 11) is 0. The molecule has 5 nitrogen and oxygen atoms in total. The lowest BCUT2D eigenvalue weighted by Gasteiger charge is -2.13. The number of benzene rings is 1. The first kappa shape index (κ1) is 22.0. The Morgan fingerprint density at radius 3 is 2.80 bits per heavy atom. The first-order valence-corrected chi connectivity index (χ1v) is 10.4. The number of aliphatic hydroxyl groups is 1. The SMILES string of the molecule is CCCC[C@H](CO)CC(=O)c1c(C)nc2c(OCc3cccc(C)c3F)cccn12. The van der Waals surface area contributed by atoms with E-state index in [1.54, 1.807) is 54.8 Å². The molecule has 6 heteroatoms. The van der Waals surface area contributed by atoms with E-state index in [0.717, 1.165) is 19.3 Å². The van der Waals surface area contributed by atoms with E-state index in [4.69, 9.17) is 4.74 Å². The van der Waals surface area contributed by atoms with Crippen molar-refractivity contribution in [3.8, 4) is 5.75 Å². The van der Waals surface area contributed by atoms with Crippen molar-refractivity contribution in [2.45, 2.75) is 53.1 Å². The molecule has 1 aromatic carbocycles. The van der Waals surface area contributed by atoms with Gasteiger partial charge in [0.2, 0.25) is 0 Å². The second-order valence-electron chi connectivity index (χ2n) is 7.77. The maximum atomic E-state index is 14.3. The molecule has 0 bridgehead atoms. The Kier molecular flexibility index (Phi) is 7.21. The number of carbonyl (C=O) groups is 1. The fourth-order valence-electron chi connectivity index (χ4n) is 3.69. The molecule has 0 saturated heterocycles. The number of aliphatic hydroxyl groups excluding tert-OH is 1. The number of Topliss-reactive ketones (excluding diaryl/α,β-unsaturated/α-hetero) is 1. The van der Waals surface area contributed by atoms with Crippen molar-refractivity contribution in [3.63, 3.8) is 0 Å². The van der Waals surface area contributed by atoms with Crippen LogP contribution < -0.4 is 4.74 Å². The zero-order chi connectivity index (χ0) is 21.7. The molecule has 0 radical (unpaired) electrons. The Hall–Kier alpha value is -2.73. The van der Waals surface area contributed by atoms with Gasteiger partial charge in [0.1, 0.15) is 18.1 Å². The van der Waals surface area contributed by atoms with Crippen LogP contribution in [-0.4, -0.2) is 26.9 Å². The lowest BCUT2D eigenvalue weighted by Crippen LogP contribution is -2.15. The van der Waals surface area contributed by atoms with Crippen molar-refractivity contribution >= 4 is 11.4 Å². The fraction of sp³-hybridized carbons (Fsp3) is 0.417.